The average molecular weight is 327 g/mol. The van der Waals surface area contributed by atoms with Crippen molar-refractivity contribution in [2.75, 3.05) is 31.1 Å². The Hall–Kier alpha value is -1.83. The first-order valence-electron chi connectivity index (χ1n) is 7.11. The van der Waals surface area contributed by atoms with Crippen LogP contribution in [0.2, 0.25) is 0 Å². The highest BCUT2D eigenvalue weighted by molar-refractivity contribution is 7.17. The first-order valence-corrected chi connectivity index (χ1v) is 7.92. The summed E-state index contributed by atoms with van der Waals surface area (Å²) in [7, 11) is 0. The molecular formula is C14H21N3O4S. The molecule has 1 aliphatic heterocycles. The van der Waals surface area contributed by atoms with E-state index in [0.717, 1.165) is 0 Å². The van der Waals surface area contributed by atoms with E-state index in [-0.39, 0.29) is 11.0 Å². The predicted molar refractivity (Wildman–Crippen MR) is 83.8 cm³/mol. The highest BCUT2D eigenvalue weighted by atomic mass is 32.1. The van der Waals surface area contributed by atoms with Crippen LogP contribution in [0.25, 0.3) is 0 Å². The number of carboxylic acids is 1. The molecule has 122 valence electrons. The van der Waals surface area contributed by atoms with Crippen molar-refractivity contribution in [3.05, 3.63) is 10.6 Å². The number of aryl methyl sites for hydroxylation is 1. The summed E-state index contributed by atoms with van der Waals surface area (Å²) in [6.07, 6.45) is -0.311. The molecule has 0 aliphatic carbocycles. The highest BCUT2D eigenvalue weighted by Gasteiger charge is 2.27. The van der Waals surface area contributed by atoms with Gasteiger partial charge in [0.15, 0.2) is 5.13 Å². The molecule has 7 nitrogen and oxygen atoms in total. The molecule has 1 aromatic heterocycles. The van der Waals surface area contributed by atoms with Gasteiger partial charge in [0.05, 0.1) is 5.69 Å². The standard InChI is InChI=1S/C14H21N3O4S/c1-9-10(11(18)19)22-12(15-9)16-5-7-17(8-6-16)13(20)21-14(2,3)4/h5-8H2,1-4H3,(H,18,19). The number of aromatic nitrogens is 1. The Morgan fingerprint density at radius 1 is 1.23 bits per heavy atom. The van der Waals surface area contributed by atoms with Gasteiger partial charge in [0.25, 0.3) is 0 Å². The van der Waals surface area contributed by atoms with Crippen LogP contribution in [-0.2, 0) is 4.74 Å². The normalized spacial score (nSPS) is 15.8. The van der Waals surface area contributed by atoms with Crippen LogP contribution in [-0.4, -0.2) is 58.8 Å². The van der Waals surface area contributed by atoms with E-state index in [9.17, 15) is 9.59 Å². The fraction of sp³-hybridized carbons (Fsp3) is 0.643. The smallest absolute Gasteiger partial charge is 0.410 e. The molecule has 1 aromatic rings. The second-order valence-corrected chi connectivity index (χ2v) is 7.15. The molecule has 1 aliphatic rings. The van der Waals surface area contributed by atoms with E-state index in [2.05, 4.69) is 4.98 Å². The van der Waals surface area contributed by atoms with Crippen molar-refractivity contribution in [1.29, 1.82) is 0 Å². The first kappa shape index (κ1) is 16.5. The van der Waals surface area contributed by atoms with Crippen LogP contribution in [0.4, 0.5) is 9.93 Å². The minimum atomic E-state index is -0.950. The largest absolute Gasteiger partial charge is 0.477 e. The van der Waals surface area contributed by atoms with Gasteiger partial charge >= 0.3 is 12.1 Å². The molecule has 1 amide bonds. The summed E-state index contributed by atoms with van der Waals surface area (Å²) >= 11 is 1.17. The van der Waals surface area contributed by atoms with Crippen molar-refractivity contribution in [3.8, 4) is 0 Å². The molecular weight excluding hydrogens is 306 g/mol. The van der Waals surface area contributed by atoms with Gasteiger partial charge in [0.1, 0.15) is 10.5 Å². The highest BCUT2D eigenvalue weighted by Crippen LogP contribution is 2.27. The van der Waals surface area contributed by atoms with Crippen LogP contribution in [0.15, 0.2) is 0 Å². The second-order valence-electron chi connectivity index (χ2n) is 6.17. The molecule has 0 radical (unpaired) electrons. The first-order chi connectivity index (χ1) is 10.2. The quantitative estimate of drug-likeness (QED) is 0.896. The van der Waals surface area contributed by atoms with Gasteiger partial charge in [-0.2, -0.15) is 0 Å². The fourth-order valence-electron chi connectivity index (χ4n) is 2.12. The second kappa shape index (κ2) is 6.12. The van der Waals surface area contributed by atoms with E-state index in [1.807, 2.05) is 25.7 Å². The molecule has 2 heterocycles. The average Bonchev–Trinajstić information content (AvgIpc) is 2.79. The van der Waals surface area contributed by atoms with Crippen molar-refractivity contribution in [1.82, 2.24) is 9.88 Å². The molecule has 1 fully saturated rings. The van der Waals surface area contributed by atoms with Gasteiger partial charge in [0.2, 0.25) is 0 Å². The number of anilines is 1. The monoisotopic (exact) mass is 327 g/mol. The summed E-state index contributed by atoms with van der Waals surface area (Å²) in [6.45, 7) is 9.52. The number of piperazine rings is 1. The van der Waals surface area contributed by atoms with Crippen LogP contribution in [0.1, 0.15) is 36.1 Å². The van der Waals surface area contributed by atoms with Gasteiger partial charge in [-0.05, 0) is 27.7 Å². The maximum Gasteiger partial charge on any atom is 0.410 e. The molecule has 0 saturated carbocycles. The minimum Gasteiger partial charge on any atom is -0.477 e. The van der Waals surface area contributed by atoms with Gasteiger partial charge in [-0.3, -0.25) is 0 Å². The molecule has 2 rings (SSSR count). The van der Waals surface area contributed by atoms with E-state index < -0.39 is 11.6 Å². The number of carbonyl (C=O) groups is 2. The summed E-state index contributed by atoms with van der Waals surface area (Å²) in [6, 6.07) is 0. The van der Waals surface area contributed by atoms with E-state index >= 15 is 0 Å². The molecule has 1 N–H and O–H groups in total. The van der Waals surface area contributed by atoms with Crippen molar-refractivity contribution in [2.45, 2.75) is 33.3 Å². The molecule has 8 heteroatoms. The van der Waals surface area contributed by atoms with E-state index in [1.165, 1.54) is 11.3 Å². The number of hydrogen-bond donors (Lipinski definition) is 1. The number of carbonyl (C=O) groups excluding carboxylic acids is 1. The van der Waals surface area contributed by atoms with Crippen LogP contribution in [0, 0.1) is 6.92 Å². The van der Waals surface area contributed by atoms with Crippen LogP contribution >= 0.6 is 11.3 Å². The lowest BCUT2D eigenvalue weighted by molar-refractivity contribution is 0.0240. The zero-order valence-corrected chi connectivity index (χ0v) is 14.1. The number of nitrogens with zero attached hydrogens (tertiary/aromatic N) is 3. The number of hydrogen-bond acceptors (Lipinski definition) is 6. The Morgan fingerprint density at radius 2 is 1.82 bits per heavy atom. The zero-order valence-electron chi connectivity index (χ0n) is 13.3. The number of carboxylic acid groups (broad SMARTS) is 1. The van der Waals surface area contributed by atoms with Crippen LogP contribution < -0.4 is 4.90 Å². The Balaban J connectivity index is 1.96. The Labute approximate surface area is 133 Å². The Bertz CT molecular complexity index is 571. The van der Waals surface area contributed by atoms with E-state index in [4.69, 9.17) is 9.84 Å². The zero-order chi connectivity index (χ0) is 16.5. The van der Waals surface area contributed by atoms with Gasteiger partial charge < -0.3 is 19.6 Å². The number of thiazole rings is 1. The Kier molecular flexibility index (Phi) is 4.60. The van der Waals surface area contributed by atoms with E-state index in [0.29, 0.717) is 37.0 Å². The molecule has 0 spiro atoms. The lowest BCUT2D eigenvalue weighted by atomic mass is 10.2. The molecule has 0 unspecified atom stereocenters. The summed E-state index contributed by atoms with van der Waals surface area (Å²) < 4.78 is 5.35. The number of rotatable bonds is 2. The maximum absolute atomic E-state index is 12.0. The van der Waals surface area contributed by atoms with Crippen molar-refractivity contribution >= 4 is 28.5 Å². The van der Waals surface area contributed by atoms with E-state index in [1.54, 1.807) is 11.8 Å². The van der Waals surface area contributed by atoms with Crippen molar-refractivity contribution in [2.24, 2.45) is 0 Å². The third kappa shape index (κ3) is 3.88. The van der Waals surface area contributed by atoms with Crippen molar-refractivity contribution < 1.29 is 19.4 Å². The Morgan fingerprint density at radius 3 is 2.27 bits per heavy atom. The molecule has 1 saturated heterocycles. The summed E-state index contributed by atoms with van der Waals surface area (Å²) in [5.41, 5.74) is 0.0267. The van der Waals surface area contributed by atoms with Crippen molar-refractivity contribution in [3.63, 3.8) is 0 Å². The third-order valence-corrected chi connectivity index (χ3v) is 4.39. The third-order valence-electron chi connectivity index (χ3n) is 3.18. The summed E-state index contributed by atoms with van der Waals surface area (Å²) in [4.78, 5) is 31.3. The lowest BCUT2D eigenvalue weighted by Crippen LogP contribution is -2.50. The molecule has 0 bridgehead atoms. The van der Waals surface area contributed by atoms with Gasteiger partial charge in [-0.25, -0.2) is 14.6 Å². The topological polar surface area (TPSA) is 83.0 Å². The molecule has 0 aromatic carbocycles. The van der Waals surface area contributed by atoms with Gasteiger partial charge in [-0.1, -0.05) is 11.3 Å². The predicted octanol–water partition coefficient (Wildman–Crippen LogP) is 2.21. The summed E-state index contributed by atoms with van der Waals surface area (Å²) in [5, 5.41) is 9.78. The van der Waals surface area contributed by atoms with Crippen LogP contribution in [0.5, 0.6) is 0 Å². The fourth-order valence-corrected chi connectivity index (χ4v) is 3.08. The lowest BCUT2D eigenvalue weighted by Gasteiger charge is -2.35. The molecule has 0 atom stereocenters. The SMILES string of the molecule is Cc1nc(N2CCN(C(=O)OC(C)(C)C)CC2)sc1C(=O)O. The summed E-state index contributed by atoms with van der Waals surface area (Å²) in [5.74, 6) is -0.950. The number of amides is 1. The number of aromatic carboxylic acids is 1. The number of ether oxygens (including phenoxy) is 1. The molecule has 22 heavy (non-hydrogen) atoms. The van der Waals surface area contributed by atoms with Gasteiger partial charge in [-0.15, -0.1) is 0 Å². The maximum atomic E-state index is 12.0. The minimum absolute atomic E-state index is 0.268. The van der Waals surface area contributed by atoms with Crippen LogP contribution in [0.3, 0.4) is 0 Å². The van der Waals surface area contributed by atoms with Gasteiger partial charge in [0, 0.05) is 26.2 Å².